The first-order valence-electron chi connectivity index (χ1n) is 8.65. The van der Waals surface area contributed by atoms with Crippen LogP contribution in [0.4, 0.5) is 4.79 Å². The van der Waals surface area contributed by atoms with Gasteiger partial charge in [-0.05, 0) is 11.6 Å². The predicted octanol–water partition coefficient (Wildman–Crippen LogP) is 1.47. The summed E-state index contributed by atoms with van der Waals surface area (Å²) in [5.74, 6) is -0.325. The lowest BCUT2D eigenvalue weighted by Crippen LogP contribution is -2.88. The Bertz CT molecular complexity index is 889. The van der Waals surface area contributed by atoms with Crippen LogP contribution in [0.1, 0.15) is 17.2 Å². The molecule has 0 bridgehead atoms. The van der Waals surface area contributed by atoms with Gasteiger partial charge in [-0.25, -0.2) is 4.79 Å². The largest absolute Gasteiger partial charge is 0.361 e. The minimum Gasteiger partial charge on any atom is -0.361 e. The summed E-state index contributed by atoms with van der Waals surface area (Å²) in [7, 11) is 1.49. The Morgan fingerprint density at radius 3 is 2.58 bits per heavy atom. The summed E-state index contributed by atoms with van der Waals surface area (Å²) in [4.78, 5) is 27.3. The van der Waals surface area contributed by atoms with Crippen molar-refractivity contribution in [2.24, 2.45) is 0 Å². The van der Waals surface area contributed by atoms with Crippen LogP contribution in [0, 0.1) is 0 Å². The number of nitrogens with one attached hydrogen (secondary N) is 3. The molecule has 2 aromatic carbocycles. The highest BCUT2D eigenvalue weighted by molar-refractivity contribution is 5.96. The maximum atomic E-state index is 12.5. The van der Waals surface area contributed by atoms with Crippen LogP contribution in [0.15, 0.2) is 60.8 Å². The van der Waals surface area contributed by atoms with Crippen LogP contribution in [0.5, 0.6) is 0 Å². The standard InChI is InChI=1S/C20H22N4O2/c1-21-20(26)24-19(25)18(14-7-3-2-4-8-14)22-12-11-15-13-23-17-10-6-5-9-16(15)17/h2-10,13,18,22-23H,11-12H2,1H3,(H2,21,24,25,26)/p+1/t18-/m0/s1. The van der Waals surface area contributed by atoms with E-state index in [4.69, 9.17) is 0 Å². The van der Waals surface area contributed by atoms with Gasteiger partial charge in [-0.1, -0.05) is 48.5 Å². The molecule has 0 aliphatic carbocycles. The highest BCUT2D eigenvalue weighted by Crippen LogP contribution is 2.17. The number of para-hydroxylation sites is 1. The van der Waals surface area contributed by atoms with Crippen LogP contribution in [-0.4, -0.2) is 30.5 Å². The minimum absolute atomic E-state index is 0.325. The van der Waals surface area contributed by atoms with Gasteiger partial charge in [-0.15, -0.1) is 0 Å². The first kappa shape index (κ1) is 17.7. The third kappa shape index (κ3) is 4.10. The van der Waals surface area contributed by atoms with Gasteiger partial charge in [-0.2, -0.15) is 0 Å². The molecule has 3 rings (SSSR count). The fourth-order valence-corrected chi connectivity index (χ4v) is 3.05. The number of nitrogens with two attached hydrogens (primary N) is 1. The third-order valence-corrected chi connectivity index (χ3v) is 4.40. The number of carbonyl (C=O) groups excluding carboxylic acids is 2. The first-order chi connectivity index (χ1) is 12.7. The molecule has 0 fully saturated rings. The molecule has 0 aliphatic heterocycles. The second-order valence-corrected chi connectivity index (χ2v) is 6.09. The summed E-state index contributed by atoms with van der Waals surface area (Å²) in [5.41, 5.74) is 3.20. The Labute approximate surface area is 152 Å². The Morgan fingerprint density at radius 2 is 1.81 bits per heavy atom. The topological polar surface area (TPSA) is 90.6 Å². The van der Waals surface area contributed by atoms with Crippen LogP contribution in [0.25, 0.3) is 10.9 Å². The van der Waals surface area contributed by atoms with Gasteiger partial charge >= 0.3 is 6.03 Å². The summed E-state index contributed by atoms with van der Waals surface area (Å²) in [6, 6.07) is 16.7. The van der Waals surface area contributed by atoms with E-state index in [9.17, 15) is 9.59 Å². The van der Waals surface area contributed by atoms with Gasteiger partial charge in [0, 0.05) is 36.1 Å². The zero-order chi connectivity index (χ0) is 18.4. The molecule has 3 amide bonds. The lowest BCUT2D eigenvalue weighted by Gasteiger charge is -2.15. The molecule has 5 N–H and O–H groups in total. The van der Waals surface area contributed by atoms with Gasteiger partial charge in [0.1, 0.15) is 0 Å². The molecular formula is C20H23N4O2+. The van der Waals surface area contributed by atoms with Crippen molar-refractivity contribution >= 4 is 22.8 Å². The Morgan fingerprint density at radius 1 is 1.08 bits per heavy atom. The predicted molar refractivity (Wildman–Crippen MR) is 101 cm³/mol. The van der Waals surface area contributed by atoms with Gasteiger partial charge < -0.3 is 15.6 Å². The minimum atomic E-state index is -0.499. The Balaban J connectivity index is 1.69. The van der Waals surface area contributed by atoms with Crippen molar-refractivity contribution < 1.29 is 14.9 Å². The van der Waals surface area contributed by atoms with E-state index in [1.54, 1.807) is 0 Å². The van der Waals surface area contributed by atoms with Crippen molar-refractivity contribution in [3.05, 3.63) is 71.9 Å². The third-order valence-electron chi connectivity index (χ3n) is 4.40. The SMILES string of the molecule is CNC(=O)NC(=O)[C@@H]([NH2+]CCc1c[nH]c2ccccc12)c1ccccc1. The summed E-state index contributed by atoms with van der Waals surface area (Å²) in [6.45, 7) is 0.725. The Hall–Kier alpha value is -3.12. The van der Waals surface area contributed by atoms with E-state index in [0.29, 0.717) is 0 Å². The number of urea groups is 1. The number of H-pyrrole nitrogens is 1. The van der Waals surface area contributed by atoms with Crippen LogP contribution >= 0.6 is 0 Å². The molecule has 3 aromatic rings. The molecule has 0 spiro atoms. The van der Waals surface area contributed by atoms with E-state index in [1.807, 2.05) is 60.0 Å². The van der Waals surface area contributed by atoms with E-state index < -0.39 is 12.1 Å². The Kier molecular flexibility index (Phi) is 5.66. The molecule has 0 unspecified atom stereocenters. The second-order valence-electron chi connectivity index (χ2n) is 6.09. The lowest BCUT2D eigenvalue weighted by atomic mass is 10.1. The number of amides is 3. The van der Waals surface area contributed by atoms with Crippen molar-refractivity contribution in [1.82, 2.24) is 15.6 Å². The number of benzene rings is 2. The monoisotopic (exact) mass is 351 g/mol. The molecule has 1 aromatic heterocycles. The van der Waals surface area contributed by atoms with Crippen molar-refractivity contribution in [2.45, 2.75) is 12.5 Å². The van der Waals surface area contributed by atoms with Gasteiger partial charge in [0.05, 0.1) is 6.54 Å². The number of imide groups is 1. The number of rotatable bonds is 6. The van der Waals surface area contributed by atoms with Crippen molar-refractivity contribution in [1.29, 1.82) is 0 Å². The van der Waals surface area contributed by atoms with Crippen LogP contribution in [-0.2, 0) is 11.2 Å². The van der Waals surface area contributed by atoms with E-state index in [-0.39, 0.29) is 5.91 Å². The summed E-state index contributed by atoms with van der Waals surface area (Å²) >= 11 is 0. The van der Waals surface area contributed by atoms with Gasteiger partial charge in [0.2, 0.25) is 0 Å². The molecule has 0 saturated carbocycles. The number of hydrogen-bond acceptors (Lipinski definition) is 2. The zero-order valence-electron chi connectivity index (χ0n) is 14.7. The molecule has 6 heteroatoms. The average molecular weight is 351 g/mol. The van der Waals surface area contributed by atoms with Gasteiger partial charge in [0.15, 0.2) is 6.04 Å². The first-order valence-corrected chi connectivity index (χ1v) is 8.65. The molecular weight excluding hydrogens is 328 g/mol. The van der Waals surface area contributed by atoms with Crippen molar-refractivity contribution in [3.63, 3.8) is 0 Å². The number of quaternary nitrogens is 1. The van der Waals surface area contributed by atoms with E-state index in [1.165, 1.54) is 18.0 Å². The summed E-state index contributed by atoms with van der Waals surface area (Å²) in [5, 5.41) is 7.96. The van der Waals surface area contributed by atoms with Crippen molar-refractivity contribution in [3.8, 4) is 0 Å². The van der Waals surface area contributed by atoms with Crippen LogP contribution < -0.4 is 16.0 Å². The maximum Gasteiger partial charge on any atom is 0.321 e. The second kappa shape index (κ2) is 8.31. The van der Waals surface area contributed by atoms with E-state index in [2.05, 4.69) is 21.7 Å². The van der Waals surface area contributed by atoms with Gasteiger partial charge in [0.25, 0.3) is 5.91 Å². The fourth-order valence-electron chi connectivity index (χ4n) is 3.05. The van der Waals surface area contributed by atoms with Gasteiger partial charge in [-0.3, -0.25) is 10.1 Å². The smallest absolute Gasteiger partial charge is 0.321 e. The van der Waals surface area contributed by atoms with Crippen LogP contribution in [0.2, 0.25) is 0 Å². The van der Waals surface area contributed by atoms with Crippen LogP contribution in [0.3, 0.4) is 0 Å². The average Bonchev–Trinajstić information content (AvgIpc) is 3.09. The molecule has 26 heavy (non-hydrogen) atoms. The zero-order valence-corrected chi connectivity index (χ0v) is 14.7. The number of aromatic amines is 1. The lowest BCUT2D eigenvalue weighted by molar-refractivity contribution is -0.682. The molecule has 0 radical (unpaired) electrons. The molecule has 0 aliphatic rings. The number of hydrogen-bond donors (Lipinski definition) is 4. The molecule has 1 heterocycles. The highest BCUT2D eigenvalue weighted by Gasteiger charge is 2.25. The number of carbonyl (C=O) groups is 2. The molecule has 6 nitrogen and oxygen atoms in total. The fraction of sp³-hybridized carbons (Fsp3) is 0.200. The van der Waals surface area contributed by atoms with Crippen molar-refractivity contribution in [2.75, 3.05) is 13.6 Å². The highest BCUT2D eigenvalue weighted by atomic mass is 16.2. The summed E-state index contributed by atoms with van der Waals surface area (Å²) in [6.07, 6.45) is 2.83. The molecule has 1 atom stereocenters. The van der Waals surface area contributed by atoms with E-state index in [0.717, 1.165) is 24.0 Å². The number of fused-ring (bicyclic) bond motifs is 1. The quantitative estimate of drug-likeness (QED) is 0.542. The normalized spacial score (nSPS) is 11.9. The maximum absolute atomic E-state index is 12.5. The molecule has 134 valence electrons. The number of aromatic nitrogens is 1. The molecule has 0 saturated heterocycles. The van der Waals surface area contributed by atoms with E-state index >= 15 is 0 Å². The summed E-state index contributed by atoms with van der Waals surface area (Å²) < 4.78 is 0.